The second-order valence-corrected chi connectivity index (χ2v) is 4.55. The first-order chi connectivity index (χ1) is 9.51. The van der Waals surface area contributed by atoms with E-state index in [0.717, 1.165) is 13.0 Å². The third kappa shape index (κ3) is 2.90. The molecule has 0 atom stereocenters. The largest absolute Gasteiger partial charge is 0.478 e. The SMILES string of the molecule is CCCn1cc(Oc2cc(C)c(N)c(C(=O)O)c2)cn1. The van der Waals surface area contributed by atoms with Crippen LogP contribution in [0.15, 0.2) is 24.5 Å². The summed E-state index contributed by atoms with van der Waals surface area (Å²) in [6.07, 6.45) is 4.35. The highest BCUT2D eigenvalue weighted by molar-refractivity contribution is 5.95. The van der Waals surface area contributed by atoms with Crippen LogP contribution >= 0.6 is 0 Å². The molecule has 0 radical (unpaired) electrons. The van der Waals surface area contributed by atoms with Gasteiger partial charge in [-0.15, -0.1) is 0 Å². The molecule has 1 heterocycles. The van der Waals surface area contributed by atoms with E-state index in [2.05, 4.69) is 12.0 Å². The second kappa shape index (κ2) is 5.64. The van der Waals surface area contributed by atoms with Crippen molar-refractivity contribution in [2.75, 3.05) is 5.73 Å². The van der Waals surface area contributed by atoms with E-state index in [4.69, 9.17) is 15.6 Å². The number of hydrogen-bond acceptors (Lipinski definition) is 4. The molecule has 1 aromatic carbocycles. The number of aryl methyl sites for hydroxylation is 2. The Morgan fingerprint density at radius 3 is 2.85 bits per heavy atom. The monoisotopic (exact) mass is 275 g/mol. The third-order valence-corrected chi connectivity index (χ3v) is 2.89. The summed E-state index contributed by atoms with van der Waals surface area (Å²) in [7, 11) is 0. The Morgan fingerprint density at radius 1 is 1.45 bits per heavy atom. The molecule has 0 saturated heterocycles. The van der Waals surface area contributed by atoms with Gasteiger partial charge >= 0.3 is 5.97 Å². The summed E-state index contributed by atoms with van der Waals surface area (Å²) >= 11 is 0. The molecular weight excluding hydrogens is 258 g/mol. The Kier molecular flexibility index (Phi) is 3.93. The number of hydrogen-bond donors (Lipinski definition) is 2. The summed E-state index contributed by atoms with van der Waals surface area (Å²) in [6, 6.07) is 3.13. The highest BCUT2D eigenvalue weighted by Gasteiger charge is 2.13. The first kappa shape index (κ1) is 13.9. The van der Waals surface area contributed by atoms with Crippen molar-refractivity contribution in [1.82, 2.24) is 9.78 Å². The number of carboxylic acid groups (broad SMARTS) is 1. The van der Waals surface area contributed by atoms with Gasteiger partial charge < -0.3 is 15.6 Å². The molecule has 0 aliphatic rings. The number of carbonyl (C=O) groups is 1. The van der Waals surface area contributed by atoms with Crippen LogP contribution in [-0.4, -0.2) is 20.9 Å². The van der Waals surface area contributed by atoms with E-state index < -0.39 is 5.97 Å². The van der Waals surface area contributed by atoms with Gasteiger partial charge in [-0.2, -0.15) is 5.10 Å². The highest BCUT2D eigenvalue weighted by Crippen LogP contribution is 2.28. The van der Waals surface area contributed by atoms with Crippen molar-refractivity contribution in [1.29, 1.82) is 0 Å². The van der Waals surface area contributed by atoms with Gasteiger partial charge in [-0.3, -0.25) is 4.68 Å². The zero-order valence-corrected chi connectivity index (χ0v) is 11.5. The van der Waals surface area contributed by atoms with Crippen LogP contribution in [0.3, 0.4) is 0 Å². The van der Waals surface area contributed by atoms with Crippen molar-refractivity contribution in [2.24, 2.45) is 0 Å². The number of nitrogen functional groups attached to an aromatic ring is 1. The molecular formula is C14H17N3O3. The summed E-state index contributed by atoms with van der Waals surface area (Å²) in [4.78, 5) is 11.1. The number of rotatable bonds is 5. The predicted molar refractivity (Wildman–Crippen MR) is 75.1 cm³/mol. The van der Waals surface area contributed by atoms with Crippen LogP contribution < -0.4 is 10.5 Å². The van der Waals surface area contributed by atoms with Crippen LogP contribution in [0.1, 0.15) is 29.3 Å². The summed E-state index contributed by atoms with van der Waals surface area (Å²) in [5, 5.41) is 13.3. The Balaban J connectivity index is 2.26. The van der Waals surface area contributed by atoms with Crippen LogP contribution in [0.5, 0.6) is 11.5 Å². The molecule has 0 amide bonds. The normalized spacial score (nSPS) is 10.5. The molecule has 20 heavy (non-hydrogen) atoms. The fraction of sp³-hybridized carbons (Fsp3) is 0.286. The first-order valence-electron chi connectivity index (χ1n) is 6.35. The molecule has 0 fully saturated rings. The number of nitrogens with two attached hydrogens (primary N) is 1. The maximum atomic E-state index is 11.1. The zero-order chi connectivity index (χ0) is 14.7. The third-order valence-electron chi connectivity index (χ3n) is 2.89. The van der Waals surface area contributed by atoms with Crippen molar-refractivity contribution in [3.8, 4) is 11.5 Å². The lowest BCUT2D eigenvalue weighted by molar-refractivity contribution is 0.0697. The lowest BCUT2D eigenvalue weighted by atomic mass is 10.1. The molecule has 0 saturated carbocycles. The van der Waals surface area contributed by atoms with Crippen molar-refractivity contribution in [3.63, 3.8) is 0 Å². The van der Waals surface area contributed by atoms with Gasteiger partial charge in [0, 0.05) is 12.2 Å². The van der Waals surface area contributed by atoms with E-state index in [1.54, 1.807) is 30.1 Å². The average molecular weight is 275 g/mol. The minimum Gasteiger partial charge on any atom is -0.478 e. The minimum absolute atomic E-state index is 0.0425. The molecule has 1 aromatic heterocycles. The summed E-state index contributed by atoms with van der Waals surface area (Å²) in [5.41, 5.74) is 6.70. The number of carboxylic acids is 1. The molecule has 0 unspecified atom stereocenters. The fourth-order valence-electron chi connectivity index (χ4n) is 1.89. The van der Waals surface area contributed by atoms with Crippen LogP contribution in [0.25, 0.3) is 0 Å². The van der Waals surface area contributed by atoms with Crippen molar-refractivity contribution >= 4 is 11.7 Å². The van der Waals surface area contributed by atoms with Gasteiger partial charge in [-0.1, -0.05) is 6.92 Å². The van der Waals surface area contributed by atoms with Crippen LogP contribution in [-0.2, 0) is 6.54 Å². The number of aromatic carboxylic acids is 1. The molecule has 2 rings (SSSR count). The Bertz CT molecular complexity index is 635. The molecule has 0 bridgehead atoms. The standard InChI is InChI=1S/C14H17N3O3/c1-3-4-17-8-11(7-16-17)20-10-5-9(2)13(15)12(6-10)14(18)19/h5-8H,3-4,15H2,1-2H3,(H,18,19). The lowest BCUT2D eigenvalue weighted by Gasteiger charge is -2.09. The van der Waals surface area contributed by atoms with Gasteiger partial charge in [0.15, 0.2) is 5.75 Å². The number of benzene rings is 1. The van der Waals surface area contributed by atoms with Crippen molar-refractivity contribution in [3.05, 3.63) is 35.7 Å². The maximum absolute atomic E-state index is 11.1. The molecule has 3 N–H and O–H groups in total. The molecule has 0 spiro atoms. The van der Waals surface area contributed by atoms with Gasteiger partial charge in [-0.25, -0.2) is 4.79 Å². The van der Waals surface area contributed by atoms with Crippen LogP contribution in [0, 0.1) is 6.92 Å². The van der Waals surface area contributed by atoms with Crippen LogP contribution in [0.4, 0.5) is 5.69 Å². The summed E-state index contributed by atoms with van der Waals surface area (Å²) in [6.45, 7) is 4.62. The quantitative estimate of drug-likeness (QED) is 0.819. The Morgan fingerprint density at radius 2 is 2.20 bits per heavy atom. The molecule has 6 heteroatoms. The number of ether oxygens (including phenoxy) is 1. The minimum atomic E-state index is -1.07. The molecule has 0 aliphatic heterocycles. The van der Waals surface area contributed by atoms with E-state index in [-0.39, 0.29) is 11.3 Å². The number of aromatic nitrogens is 2. The maximum Gasteiger partial charge on any atom is 0.337 e. The van der Waals surface area contributed by atoms with E-state index in [9.17, 15) is 4.79 Å². The van der Waals surface area contributed by atoms with Gasteiger partial charge in [0.25, 0.3) is 0 Å². The number of anilines is 1. The summed E-state index contributed by atoms with van der Waals surface area (Å²) < 4.78 is 7.41. The molecule has 2 aromatic rings. The molecule has 106 valence electrons. The van der Waals surface area contributed by atoms with Gasteiger partial charge in [0.2, 0.25) is 0 Å². The van der Waals surface area contributed by atoms with E-state index in [1.807, 2.05) is 0 Å². The highest BCUT2D eigenvalue weighted by atomic mass is 16.5. The predicted octanol–water partition coefficient (Wildman–Crippen LogP) is 2.67. The van der Waals surface area contributed by atoms with E-state index in [0.29, 0.717) is 17.1 Å². The average Bonchev–Trinajstić information content (AvgIpc) is 2.81. The Hall–Kier alpha value is -2.50. The van der Waals surface area contributed by atoms with Gasteiger partial charge in [0.05, 0.1) is 18.0 Å². The zero-order valence-electron chi connectivity index (χ0n) is 11.5. The topological polar surface area (TPSA) is 90.4 Å². The number of nitrogens with zero attached hydrogens (tertiary/aromatic N) is 2. The molecule has 6 nitrogen and oxygen atoms in total. The first-order valence-corrected chi connectivity index (χ1v) is 6.35. The van der Waals surface area contributed by atoms with Crippen molar-refractivity contribution in [2.45, 2.75) is 26.8 Å². The smallest absolute Gasteiger partial charge is 0.337 e. The Labute approximate surface area is 116 Å². The van der Waals surface area contributed by atoms with Crippen LogP contribution in [0.2, 0.25) is 0 Å². The van der Waals surface area contributed by atoms with Gasteiger partial charge in [0.1, 0.15) is 5.75 Å². The fourth-order valence-corrected chi connectivity index (χ4v) is 1.89. The lowest BCUT2D eigenvalue weighted by Crippen LogP contribution is -2.04. The van der Waals surface area contributed by atoms with E-state index in [1.165, 1.54) is 6.07 Å². The van der Waals surface area contributed by atoms with E-state index >= 15 is 0 Å². The van der Waals surface area contributed by atoms with Gasteiger partial charge in [-0.05, 0) is 31.0 Å². The van der Waals surface area contributed by atoms with Crippen molar-refractivity contribution < 1.29 is 14.6 Å². The molecule has 0 aliphatic carbocycles. The summed E-state index contributed by atoms with van der Waals surface area (Å²) in [5.74, 6) is -0.0677. The second-order valence-electron chi connectivity index (χ2n) is 4.55.